The Labute approximate surface area is 163 Å². The number of aryl methyl sites for hydroxylation is 2. The van der Waals surface area contributed by atoms with Gasteiger partial charge in [0.15, 0.2) is 0 Å². The van der Waals surface area contributed by atoms with E-state index in [0.29, 0.717) is 20.5 Å². The molecule has 0 radical (unpaired) electrons. The van der Waals surface area contributed by atoms with Crippen LogP contribution in [-0.4, -0.2) is 22.0 Å². The molecule has 0 unspecified atom stereocenters. The van der Waals surface area contributed by atoms with Crippen LogP contribution in [0.25, 0.3) is 10.2 Å². The lowest BCUT2D eigenvalue weighted by atomic mass is 9.49. The summed E-state index contributed by atoms with van der Waals surface area (Å²) in [6, 6.07) is 0. The number of hydrogen-bond acceptors (Lipinski definition) is 4. The number of carbonyl (C=O) groups is 1. The molecule has 27 heavy (non-hydrogen) atoms. The number of carbonyl (C=O) groups excluding carboxylic acids is 1. The van der Waals surface area contributed by atoms with Gasteiger partial charge in [0.1, 0.15) is 4.83 Å². The molecule has 0 atom stereocenters. The zero-order chi connectivity index (χ0) is 18.8. The molecule has 4 aliphatic rings. The van der Waals surface area contributed by atoms with Gasteiger partial charge in [0, 0.05) is 13.6 Å². The fourth-order valence-electron chi connectivity index (χ4n) is 6.54. The average Bonchev–Trinajstić information content (AvgIpc) is 2.94. The highest BCUT2D eigenvalue weighted by atomic mass is 32.1. The maximum Gasteiger partial charge on any atom is 0.262 e. The lowest BCUT2D eigenvalue weighted by molar-refractivity contribution is -0.0564. The molecule has 2 aromatic heterocycles. The fourth-order valence-corrected chi connectivity index (χ4v) is 7.60. The molecule has 4 fully saturated rings. The van der Waals surface area contributed by atoms with Crippen molar-refractivity contribution >= 4 is 27.5 Å². The summed E-state index contributed by atoms with van der Waals surface area (Å²) < 4.78 is 1.47. The Kier molecular flexibility index (Phi) is 3.97. The SMILES string of the molecule is Cc1c(C(=O)NCCC23CC4CC(CC(C4)C2)C3)sc2ncn(C)c(=O)c12. The molecule has 1 amide bonds. The normalized spacial score (nSPS) is 31.6. The van der Waals surface area contributed by atoms with Gasteiger partial charge >= 0.3 is 0 Å². The van der Waals surface area contributed by atoms with Crippen molar-refractivity contribution in [3.05, 3.63) is 27.1 Å². The first-order chi connectivity index (χ1) is 12.9. The minimum atomic E-state index is -0.0821. The zero-order valence-electron chi connectivity index (χ0n) is 16.1. The van der Waals surface area contributed by atoms with Gasteiger partial charge in [0.2, 0.25) is 0 Å². The van der Waals surface area contributed by atoms with Crippen LogP contribution in [0.4, 0.5) is 0 Å². The predicted molar refractivity (Wildman–Crippen MR) is 107 cm³/mol. The van der Waals surface area contributed by atoms with Crippen LogP contribution in [0.2, 0.25) is 0 Å². The monoisotopic (exact) mass is 385 g/mol. The third kappa shape index (κ3) is 2.84. The fraction of sp³-hybridized carbons (Fsp3) is 0.667. The summed E-state index contributed by atoms with van der Waals surface area (Å²) in [4.78, 5) is 30.7. The van der Waals surface area contributed by atoms with E-state index in [-0.39, 0.29) is 11.5 Å². The molecule has 2 heterocycles. The Morgan fingerprint density at radius 2 is 1.89 bits per heavy atom. The van der Waals surface area contributed by atoms with Gasteiger partial charge in [0.25, 0.3) is 11.5 Å². The summed E-state index contributed by atoms with van der Waals surface area (Å²) in [5.41, 5.74) is 1.16. The molecule has 6 rings (SSSR count). The minimum absolute atomic E-state index is 0.0534. The second-order valence-electron chi connectivity index (χ2n) is 9.32. The number of aromatic nitrogens is 2. The van der Waals surface area contributed by atoms with Gasteiger partial charge in [-0.3, -0.25) is 9.59 Å². The van der Waals surface area contributed by atoms with E-state index < -0.39 is 0 Å². The molecule has 6 heteroatoms. The van der Waals surface area contributed by atoms with Gasteiger partial charge in [-0.15, -0.1) is 11.3 Å². The Morgan fingerprint density at radius 1 is 1.26 bits per heavy atom. The number of rotatable bonds is 4. The van der Waals surface area contributed by atoms with Crippen LogP contribution in [-0.2, 0) is 7.05 Å². The molecule has 0 aliphatic heterocycles. The first-order valence-electron chi connectivity index (χ1n) is 10.2. The molecule has 1 N–H and O–H groups in total. The van der Waals surface area contributed by atoms with Crippen LogP contribution in [0, 0.1) is 30.1 Å². The summed E-state index contributed by atoms with van der Waals surface area (Å²) in [6.45, 7) is 2.60. The highest BCUT2D eigenvalue weighted by Crippen LogP contribution is 2.61. The lowest BCUT2D eigenvalue weighted by Crippen LogP contribution is -2.47. The van der Waals surface area contributed by atoms with E-state index in [4.69, 9.17) is 0 Å². The van der Waals surface area contributed by atoms with Crippen molar-refractivity contribution in [3.8, 4) is 0 Å². The Morgan fingerprint density at radius 3 is 2.52 bits per heavy atom. The molecular weight excluding hydrogens is 358 g/mol. The number of nitrogens with one attached hydrogen (secondary N) is 1. The second-order valence-corrected chi connectivity index (χ2v) is 10.3. The van der Waals surface area contributed by atoms with Crippen LogP contribution < -0.4 is 10.9 Å². The van der Waals surface area contributed by atoms with Gasteiger partial charge in [0.05, 0.1) is 16.6 Å². The van der Waals surface area contributed by atoms with E-state index in [9.17, 15) is 9.59 Å². The number of nitrogens with zero attached hydrogens (tertiary/aromatic N) is 2. The molecule has 5 nitrogen and oxygen atoms in total. The molecule has 0 saturated heterocycles. The predicted octanol–water partition coefficient (Wildman–Crippen LogP) is 3.64. The number of fused-ring (bicyclic) bond motifs is 1. The lowest BCUT2D eigenvalue weighted by Gasteiger charge is -2.57. The molecular formula is C21H27N3O2S. The molecule has 2 aromatic rings. The first-order valence-corrected chi connectivity index (χ1v) is 11.0. The van der Waals surface area contributed by atoms with E-state index >= 15 is 0 Å². The standard InChI is InChI=1S/C21H27N3O2S/c1-12-16-19(23-11-24(2)20(16)26)27-17(12)18(25)22-4-3-21-8-13-5-14(9-21)7-15(6-13)10-21/h11,13-15H,3-10H2,1-2H3,(H,22,25). The Hall–Kier alpha value is -1.69. The first kappa shape index (κ1) is 17.4. The third-order valence-corrected chi connectivity index (χ3v) is 8.52. The van der Waals surface area contributed by atoms with Crippen molar-refractivity contribution in [1.82, 2.24) is 14.9 Å². The van der Waals surface area contributed by atoms with E-state index in [2.05, 4.69) is 10.3 Å². The van der Waals surface area contributed by atoms with Crippen molar-refractivity contribution in [3.63, 3.8) is 0 Å². The quantitative estimate of drug-likeness (QED) is 0.874. The summed E-state index contributed by atoms with van der Waals surface area (Å²) in [7, 11) is 1.69. The molecule has 4 saturated carbocycles. The smallest absolute Gasteiger partial charge is 0.262 e. The maximum atomic E-state index is 12.8. The van der Waals surface area contributed by atoms with Gasteiger partial charge in [-0.2, -0.15) is 0 Å². The maximum absolute atomic E-state index is 12.8. The van der Waals surface area contributed by atoms with Gasteiger partial charge < -0.3 is 9.88 Å². The molecule has 4 bridgehead atoms. The molecule has 4 aliphatic carbocycles. The van der Waals surface area contributed by atoms with Crippen molar-refractivity contribution in [1.29, 1.82) is 0 Å². The van der Waals surface area contributed by atoms with Crippen LogP contribution in [0.1, 0.15) is 60.2 Å². The number of amides is 1. The van der Waals surface area contributed by atoms with Crippen molar-refractivity contribution in [2.45, 2.75) is 51.9 Å². The second kappa shape index (κ2) is 6.16. The number of thiophene rings is 1. The van der Waals surface area contributed by atoms with E-state index in [0.717, 1.165) is 36.3 Å². The molecule has 0 spiro atoms. The Bertz CT molecular complexity index is 938. The topological polar surface area (TPSA) is 64.0 Å². The van der Waals surface area contributed by atoms with Gasteiger partial charge in [-0.25, -0.2) is 4.98 Å². The number of hydrogen-bond donors (Lipinski definition) is 1. The summed E-state index contributed by atoms with van der Waals surface area (Å²) >= 11 is 1.33. The minimum Gasteiger partial charge on any atom is -0.351 e. The molecule has 144 valence electrons. The third-order valence-electron chi connectivity index (χ3n) is 7.32. The molecule has 0 aromatic carbocycles. The van der Waals surface area contributed by atoms with E-state index in [1.807, 2.05) is 6.92 Å². The van der Waals surface area contributed by atoms with Crippen molar-refractivity contribution < 1.29 is 4.79 Å². The summed E-state index contributed by atoms with van der Waals surface area (Å²) in [6.07, 6.45) is 11.1. The van der Waals surface area contributed by atoms with E-state index in [1.165, 1.54) is 60.8 Å². The largest absolute Gasteiger partial charge is 0.351 e. The van der Waals surface area contributed by atoms with Crippen molar-refractivity contribution in [2.24, 2.45) is 30.2 Å². The van der Waals surface area contributed by atoms with Crippen LogP contribution in [0.15, 0.2) is 11.1 Å². The average molecular weight is 386 g/mol. The van der Waals surface area contributed by atoms with Gasteiger partial charge in [-0.05, 0) is 80.6 Å². The van der Waals surface area contributed by atoms with Crippen LogP contribution >= 0.6 is 11.3 Å². The highest BCUT2D eigenvalue weighted by molar-refractivity contribution is 7.20. The van der Waals surface area contributed by atoms with Gasteiger partial charge in [-0.1, -0.05) is 0 Å². The summed E-state index contributed by atoms with van der Waals surface area (Å²) in [5.74, 6) is 2.78. The summed E-state index contributed by atoms with van der Waals surface area (Å²) in [5, 5.41) is 3.72. The van der Waals surface area contributed by atoms with Crippen LogP contribution in [0.5, 0.6) is 0 Å². The highest BCUT2D eigenvalue weighted by Gasteiger charge is 2.50. The zero-order valence-corrected chi connectivity index (χ0v) is 16.9. The van der Waals surface area contributed by atoms with Crippen molar-refractivity contribution in [2.75, 3.05) is 6.54 Å². The van der Waals surface area contributed by atoms with E-state index in [1.54, 1.807) is 7.05 Å². The van der Waals surface area contributed by atoms with Crippen LogP contribution in [0.3, 0.4) is 0 Å². The Balaban J connectivity index is 1.29.